The van der Waals surface area contributed by atoms with Crippen LogP contribution in [0.2, 0.25) is 0 Å². The highest BCUT2D eigenvalue weighted by molar-refractivity contribution is 5.79. The van der Waals surface area contributed by atoms with Crippen LogP contribution < -0.4 is 10.6 Å². The predicted octanol–water partition coefficient (Wildman–Crippen LogP) is 2.37. The maximum Gasteiger partial charge on any atom is 0.191 e. The van der Waals surface area contributed by atoms with Crippen molar-refractivity contribution in [3.8, 4) is 5.82 Å². The first kappa shape index (κ1) is 19.4. The zero-order valence-electron chi connectivity index (χ0n) is 16.5. The van der Waals surface area contributed by atoms with Gasteiger partial charge in [0.25, 0.3) is 0 Å². The molecule has 2 heterocycles. The van der Waals surface area contributed by atoms with E-state index in [9.17, 15) is 0 Å². The number of hydrogen-bond donors (Lipinski definition) is 2. The SMILES string of the molecule is CN=C(NCCCOCC1CC1)NCc1ccc(-n2nc(C)cc2C)nc1. The van der Waals surface area contributed by atoms with Crippen LogP contribution in [-0.4, -0.2) is 47.5 Å². The van der Waals surface area contributed by atoms with E-state index in [-0.39, 0.29) is 0 Å². The first-order valence-corrected chi connectivity index (χ1v) is 9.66. The van der Waals surface area contributed by atoms with Crippen molar-refractivity contribution in [2.24, 2.45) is 10.9 Å². The largest absolute Gasteiger partial charge is 0.381 e. The molecule has 7 heteroatoms. The average Bonchev–Trinajstić information content (AvgIpc) is 3.43. The molecule has 0 amide bonds. The molecule has 0 aliphatic heterocycles. The molecular formula is C20H30N6O. The minimum Gasteiger partial charge on any atom is -0.381 e. The molecule has 2 aromatic heterocycles. The molecule has 1 aliphatic rings. The molecule has 0 spiro atoms. The molecule has 3 rings (SSSR count). The molecule has 0 saturated heterocycles. The summed E-state index contributed by atoms with van der Waals surface area (Å²) in [6.45, 7) is 7.26. The monoisotopic (exact) mass is 370 g/mol. The molecule has 1 saturated carbocycles. The fourth-order valence-corrected chi connectivity index (χ4v) is 2.83. The second-order valence-electron chi connectivity index (χ2n) is 7.09. The Labute approximate surface area is 161 Å². The van der Waals surface area contributed by atoms with Crippen LogP contribution in [0.3, 0.4) is 0 Å². The smallest absolute Gasteiger partial charge is 0.191 e. The van der Waals surface area contributed by atoms with Gasteiger partial charge in [-0.25, -0.2) is 9.67 Å². The quantitative estimate of drug-likeness (QED) is 0.403. The van der Waals surface area contributed by atoms with Gasteiger partial charge in [0.15, 0.2) is 11.8 Å². The molecule has 0 aromatic carbocycles. The summed E-state index contributed by atoms with van der Waals surface area (Å²) in [7, 11) is 1.78. The molecule has 146 valence electrons. The van der Waals surface area contributed by atoms with Crippen LogP contribution in [0, 0.1) is 19.8 Å². The van der Waals surface area contributed by atoms with Crippen LogP contribution >= 0.6 is 0 Å². The molecule has 2 aromatic rings. The Balaban J connectivity index is 1.39. The summed E-state index contributed by atoms with van der Waals surface area (Å²) in [4.78, 5) is 8.78. The standard InChI is InChI=1S/C20H30N6O/c1-15-11-16(2)26(25-15)19-8-7-18(12-23-19)13-24-20(21-3)22-9-4-10-27-14-17-5-6-17/h7-8,11-12,17H,4-6,9-10,13-14H2,1-3H3,(H2,21,22,24). The van der Waals surface area contributed by atoms with Crippen LogP contribution in [0.1, 0.15) is 36.2 Å². The molecule has 0 atom stereocenters. The summed E-state index contributed by atoms with van der Waals surface area (Å²) in [5.41, 5.74) is 3.17. The Kier molecular flexibility index (Phi) is 6.81. The third-order valence-electron chi connectivity index (χ3n) is 4.53. The molecule has 7 nitrogen and oxygen atoms in total. The Morgan fingerprint density at radius 3 is 2.78 bits per heavy atom. The maximum absolute atomic E-state index is 5.64. The van der Waals surface area contributed by atoms with E-state index in [1.165, 1.54) is 12.8 Å². The van der Waals surface area contributed by atoms with E-state index in [2.05, 4.69) is 31.8 Å². The third-order valence-corrected chi connectivity index (χ3v) is 4.53. The lowest BCUT2D eigenvalue weighted by molar-refractivity contribution is 0.123. The second-order valence-corrected chi connectivity index (χ2v) is 7.09. The van der Waals surface area contributed by atoms with Crippen molar-refractivity contribution in [3.05, 3.63) is 41.3 Å². The topological polar surface area (TPSA) is 76.4 Å². The Morgan fingerprint density at radius 2 is 2.15 bits per heavy atom. The third kappa shape index (κ3) is 6.06. The van der Waals surface area contributed by atoms with Crippen molar-refractivity contribution in [3.63, 3.8) is 0 Å². The normalized spacial score (nSPS) is 14.4. The van der Waals surface area contributed by atoms with Gasteiger partial charge < -0.3 is 15.4 Å². The van der Waals surface area contributed by atoms with E-state index in [0.717, 1.165) is 60.8 Å². The van der Waals surface area contributed by atoms with E-state index >= 15 is 0 Å². The number of hydrogen-bond acceptors (Lipinski definition) is 4. The van der Waals surface area contributed by atoms with Gasteiger partial charge in [-0.05, 0) is 56.7 Å². The molecule has 1 fully saturated rings. The molecule has 0 unspecified atom stereocenters. The number of nitrogens with zero attached hydrogens (tertiary/aromatic N) is 4. The fraction of sp³-hybridized carbons (Fsp3) is 0.550. The first-order valence-electron chi connectivity index (χ1n) is 9.66. The minimum absolute atomic E-state index is 0.669. The zero-order valence-corrected chi connectivity index (χ0v) is 16.5. The predicted molar refractivity (Wildman–Crippen MR) is 107 cm³/mol. The maximum atomic E-state index is 5.64. The van der Waals surface area contributed by atoms with Gasteiger partial charge >= 0.3 is 0 Å². The molecular weight excluding hydrogens is 340 g/mol. The summed E-state index contributed by atoms with van der Waals surface area (Å²) < 4.78 is 7.50. The molecule has 2 N–H and O–H groups in total. The van der Waals surface area contributed by atoms with Crippen molar-refractivity contribution in [1.82, 2.24) is 25.4 Å². The molecule has 27 heavy (non-hydrogen) atoms. The van der Waals surface area contributed by atoms with Gasteiger partial charge in [0.2, 0.25) is 0 Å². The first-order chi connectivity index (χ1) is 13.2. The second kappa shape index (κ2) is 9.50. The summed E-state index contributed by atoms with van der Waals surface area (Å²) in [6, 6.07) is 6.10. The van der Waals surface area contributed by atoms with E-state index in [4.69, 9.17) is 4.74 Å². The summed E-state index contributed by atoms with van der Waals surface area (Å²) >= 11 is 0. The molecule has 0 bridgehead atoms. The van der Waals surface area contributed by atoms with E-state index < -0.39 is 0 Å². The minimum atomic E-state index is 0.669. The lowest BCUT2D eigenvalue weighted by atomic mass is 10.3. The van der Waals surface area contributed by atoms with Gasteiger partial charge in [-0.3, -0.25) is 4.99 Å². The van der Waals surface area contributed by atoms with Crippen LogP contribution in [-0.2, 0) is 11.3 Å². The highest BCUT2D eigenvalue weighted by Crippen LogP contribution is 2.28. The number of aryl methyl sites for hydroxylation is 2. The Hall–Kier alpha value is -2.41. The van der Waals surface area contributed by atoms with Crippen molar-refractivity contribution < 1.29 is 4.74 Å². The van der Waals surface area contributed by atoms with E-state index in [0.29, 0.717) is 6.54 Å². The average molecular weight is 371 g/mol. The lowest BCUT2D eigenvalue weighted by Gasteiger charge is -2.12. The number of aromatic nitrogens is 3. The summed E-state index contributed by atoms with van der Waals surface area (Å²) in [6.07, 6.45) is 5.53. The van der Waals surface area contributed by atoms with Crippen LogP contribution in [0.15, 0.2) is 29.4 Å². The van der Waals surface area contributed by atoms with Gasteiger partial charge in [0.1, 0.15) is 0 Å². The van der Waals surface area contributed by atoms with Gasteiger partial charge in [-0.1, -0.05) is 6.07 Å². The highest BCUT2D eigenvalue weighted by atomic mass is 16.5. The number of guanidine groups is 1. The number of rotatable bonds is 9. The van der Waals surface area contributed by atoms with Crippen LogP contribution in [0.25, 0.3) is 5.82 Å². The lowest BCUT2D eigenvalue weighted by Crippen LogP contribution is -2.37. The Morgan fingerprint density at radius 1 is 1.30 bits per heavy atom. The van der Waals surface area contributed by atoms with Gasteiger partial charge in [-0.15, -0.1) is 0 Å². The van der Waals surface area contributed by atoms with Gasteiger partial charge in [0.05, 0.1) is 5.69 Å². The van der Waals surface area contributed by atoms with Crippen molar-refractivity contribution in [2.45, 2.75) is 39.7 Å². The van der Waals surface area contributed by atoms with Gasteiger partial charge in [-0.2, -0.15) is 5.10 Å². The highest BCUT2D eigenvalue weighted by Gasteiger charge is 2.20. The van der Waals surface area contributed by atoms with Crippen molar-refractivity contribution in [2.75, 3.05) is 26.8 Å². The van der Waals surface area contributed by atoms with Gasteiger partial charge in [0, 0.05) is 45.2 Å². The van der Waals surface area contributed by atoms with Crippen LogP contribution in [0.5, 0.6) is 0 Å². The zero-order chi connectivity index (χ0) is 19.1. The van der Waals surface area contributed by atoms with Crippen molar-refractivity contribution in [1.29, 1.82) is 0 Å². The molecule has 0 radical (unpaired) electrons. The molecule has 1 aliphatic carbocycles. The number of aliphatic imine (C=N–C) groups is 1. The summed E-state index contributed by atoms with van der Waals surface area (Å²) in [5.74, 6) is 2.45. The van der Waals surface area contributed by atoms with Crippen molar-refractivity contribution >= 4 is 5.96 Å². The van der Waals surface area contributed by atoms with E-state index in [1.54, 1.807) is 7.05 Å². The Bertz CT molecular complexity index is 748. The fourth-order valence-electron chi connectivity index (χ4n) is 2.83. The van der Waals surface area contributed by atoms with E-state index in [1.807, 2.05) is 36.9 Å². The number of ether oxygens (including phenoxy) is 1. The number of nitrogens with one attached hydrogen (secondary N) is 2. The van der Waals surface area contributed by atoms with Crippen LogP contribution in [0.4, 0.5) is 0 Å². The number of pyridine rings is 1. The summed E-state index contributed by atoms with van der Waals surface area (Å²) in [5, 5.41) is 11.1.